The third kappa shape index (κ3) is 11.8. The summed E-state index contributed by atoms with van der Waals surface area (Å²) in [7, 11) is -3.84. The molecule has 1 saturated carbocycles. The van der Waals surface area contributed by atoms with Crippen molar-refractivity contribution >= 4 is 66.4 Å². The van der Waals surface area contributed by atoms with Crippen LogP contribution in [0.1, 0.15) is 82.1 Å². The molecule has 274 valence electrons. The quantitative estimate of drug-likeness (QED) is 0.0791. The summed E-state index contributed by atoms with van der Waals surface area (Å²) in [5, 5.41) is 3.58. The molecular formula is C35H44BrFN2O10S. The van der Waals surface area contributed by atoms with Gasteiger partial charge in [-0.2, -0.15) is 0 Å². The van der Waals surface area contributed by atoms with Crippen molar-refractivity contribution in [3.63, 3.8) is 0 Å². The fraction of sp³-hybridized carbons (Fsp3) is 0.486. The maximum Gasteiger partial charge on any atom is 0.408 e. The van der Waals surface area contributed by atoms with Crippen LogP contribution in [0, 0.1) is 5.82 Å². The number of carbonyl (C=O) groups excluding carboxylic acids is 4. The molecule has 1 amide bonds. The first-order chi connectivity index (χ1) is 23.5. The van der Waals surface area contributed by atoms with Crippen LogP contribution in [0.25, 0.3) is 22.3 Å². The van der Waals surface area contributed by atoms with E-state index in [0.29, 0.717) is 40.8 Å². The normalized spacial score (nSPS) is 12.8. The van der Waals surface area contributed by atoms with Crippen LogP contribution < -0.4 is 9.62 Å². The molecule has 1 aromatic heterocycles. The molecule has 0 saturated heterocycles. The topological polar surface area (TPSA) is 159 Å². The highest BCUT2D eigenvalue weighted by atomic mass is 79.9. The van der Waals surface area contributed by atoms with Gasteiger partial charge in [-0.25, -0.2) is 17.6 Å². The molecule has 0 spiro atoms. The minimum atomic E-state index is -3.84. The summed E-state index contributed by atoms with van der Waals surface area (Å²) in [6.45, 7) is 8.15. The van der Waals surface area contributed by atoms with Gasteiger partial charge in [0.2, 0.25) is 10.0 Å². The Morgan fingerprint density at radius 2 is 1.64 bits per heavy atom. The van der Waals surface area contributed by atoms with Gasteiger partial charge in [-0.15, -0.1) is 0 Å². The predicted octanol–water partition coefficient (Wildman–Crippen LogP) is 6.88. The van der Waals surface area contributed by atoms with Crippen molar-refractivity contribution in [1.29, 1.82) is 0 Å². The SMILES string of the molecule is CCC(=O)OCCBr.CCC(=O)c1c(-c2ccc(F)cc2)oc2cc(N(CCOC(=O)CNC(=O)OC(C)(C)C)S(C)(=O)=O)c(C3CC3)cc12. The van der Waals surface area contributed by atoms with Gasteiger partial charge in [0, 0.05) is 35.2 Å². The molecule has 0 atom stereocenters. The van der Waals surface area contributed by atoms with Gasteiger partial charge >= 0.3 is 18.0 Å². The molecule has 1 fully saturated rings. The predicted molar refractivity (Wildman–Crippen MR) is 191 cm³/mol. The lowest BCUT2D eigenvalue weighted by molar-refractivity contribution is -0.143. The van der Waals surface area contributed by atoms with E-state index in [1.54, 1.807) is 46.8 Å². The lowest BCUT2D eigenvalue weighted by atomic mass is 9.97. The van der Waals surface area contributed by atoms with Crippen LogP contribution in [0.3, 0.4) is 0 Å². The molecule has 1 heterocycles. The Kier molecular flexibility index (Phi) is 14.4. The number of anilines is 1. The number of halogens is 2. The third-order valence-corrected chi connectivity index (χ3v) is 8.70. The van der Waals surface area contributed by atoms with Crippen molar-refractivity contribution in [2.75, 3.05) is 42.2 Å². The molecule has 12 nitrogen and oxygen atoms in total. The molecule has 0 unspecified atom stereocenters. The number of nitrogens with one attached hydrogen (secondary N) is 1. The largest absolute Gasteiger partial charge is 0.465 e. The molecule has 1 aliphatic carbocycles. The van der Waals surface area contributed by atoms with Crippen LogP contribution >= 0.6 is 15.9 Å². The Morgan fingerprint density at radius 3 is 2.18 bits per heavy atom. The van der Waals surface area contributed by atoms with Crippen LogP contribution in [-0.2, 0) is 33.8 Å². The Bertz CT molecular complexity index is 1780. The van der Waals surface area contributed by atoms with Gasteiger partial charge in [0.1, 0.15) is 42.5 Å². The van der Waals surface area contributed by atoms with Crippen molar-refractivity contribution in [2.45, 2.75) is 71.8 Å². The first-order valence-electron chi connectivity index (χ1n) is 16.2. The third-order valence-electron chi connectivity index (χ3n) is 7.19. The van der Waals surface area contributed by atoms with Gasteiger partial charge in [-0.05, 0) is 75.4 Å². The Hall–Kier alpha value is -3.98. The molecule has 4 rings (SSSR count). The van der Waals surface area contributed by atoms with Crippen molar-refractivity contribution in [1.82, 2.24) is 5.32 Å². The number of carbonyl (C=O) groups is 4. The molecule has 3 aromatic rings. The number of ether oxygens (including phenoxy) is 3. The van der Waals surface area contributed by atoms with Gasteiger partial charge in [-0.3, -0.25) is 18.7 Å². The fourth-order valence-electron chi connectivity index (χ4n) is 4.82. The van der Waals surface area contributed by atoms with Gasteiger partial charge in [-0.1, -0.05) is 29.8 Å². The van der Waals surface area contributed by atoms with E-state index in [-0.39, 0.29) is 43.0 Å². The summed E-state index contributed by atoms with van der Waals surface area (Å²) >= 11 is 3.13. The average Bonchev–Trinajstić information content (AvgIpc) is 3.83. The lowest BCUT2D eigenvalue weighted by Crippen LogP contribution is -2.37. The van der Waals surface area contributed by atoms with Crippen LogP contribution in [0.4, 0.5) is 14.9 Å². The Labute approximate surface area is 300 Å². The van der Waals surface area contributed by atoms with E-state index in [9.17, 15) is 32.0 Å². The molecule has 1 N–H and O–H groups in total. The summed E-state index contributed by atoms with van der Waals surface area (Å²) in [5.41, 5.74) is 1.56. The van der Waals surface area contributed by atoms with Crippen molar-refractivity contribution in [3.8, 4) is 11.3 Å². The number of sulfonamides is 1. The monoisotopic (exact) mass is 782 g/mol. The van der Waals surface area contributed by atoms with E-state index < -0.39 is 40.0 Å². The number of hydrogen-bond donors (Lipinski definition) is 1. The number of nitrogens with zero attached hydrogens (tertiary/aromatic N) is 1. The van der Waals surface area contributed by atoms with Crippen LogP contribution in [-0.4, -0.2) is 75.7 Å². The average molecular weight is 784 g/mol. The van der Waals surface area contributed by atoms with Crippen LogP contribution in [0.5, 0.6) is 0 Å². The smallest absolute Gasteiger partial charge is 0.408 e. The maximum atomic E-state index is 13.6. The van der Waals surface area contributed by atoms with Gasteiger partial charge in [0.15, 0.2) is 5.78 Å². The van der Waals surface area contributed by atoms with Crippen molar-refractivity contribution in [3.05, 3.63) is 53.3 Å². The molecule has 2 aromatic carbocycles. The van der Waals surface area contributed by atoms with E-state index in [0.717, 1.165) is 34.3 Å². The van der Waals surface area contributed by atoms with Gasteiger partial charge in [0.25, 0.3) is 0 Å². The molecule has 0 bridgehead atoms. The molecule has 0 radical (unpaired) electrons. The van der Waals surface area contributed by atoms with E-state index in [2.05, 4.69) is 26.0 Å². The summed E-state index contributed by atoms with van der Waals surface area (Å²) in [6, 6.07) is 9.00. The van der Waals surface area contributed by atoms with Gasteiger partial charge < -0.3 is 23.9 Å². The maximum absolute atomic E-state index is 13.6. The number of ketones is 1. The number of esters is 2. The number of benzene rings is 2. The molecule has 15 heteroatoms. The summed E-state index contributed by atoms with van der Waals surface area (Å²) in [5.74, 6) is -1.11. The summed E-state index contributed by atoms with van der Waals surface area (Å²) in [4.78, 5) is 47.4. The number of rotatable bonds is 14. The standard InChI is InChI=1S/C30H35FN2O8S.C5H9BrO2/c1-6-24(34)27-22-15-21(18-7-8-18)23(16-25(22)40-28(27)19-9-11-20(31)12-10-19)33(42(5,37)38)13-14-39-26(35)17-32-29(36)41-30(2,3)4;1-2-5(7)8-4-3-6/h9-12,15-16,18H,6-8,13-14,17H2,1-5H3,(H,32,36);2-4H2,1H3. The van der Waals surface area contributed by atoms with E-state index >= 15 is 0 Å². The zero-order valence-electron chi connectivity index (χ0n) is 29.1. The number of fused-ring (bicyclic) bond motifs is 1. The summed E-state index contributed by atoms with van der Waals surface area (Å²) < 4.78 is 61.7. The second-order valence-electron chi connectivity index (χ2n) is 12.4. The number of furan rings is 1. The number of Topliss-reactive ketones (excluding diaryl/α,β-unsaturated/α-hetero) is 1. The van der Waals surface area contributed by atoms with E-state index in [1.165, 1.54) is 24.3 Å². The highest BCUT2D eigenvalue weighted by Crippen LogP contribution is 2.48. The van der Waals surface area contributed by atoms with E-state index in [4.69, 9.17) is 13.9 Å². The van der Waals surface area contributed by atoms with Crippen LogP contribution in [0.2, 0.25) is 0 Å². The molecule has 50 heavy (non-hydrogen) atoms. The minimum Gasteiger partial charge on any atom is -0.465 e. The Balaban J connectivity index is 0.000000753. The first-order valence-corrected chi connectivity index (χ1v) is 19.2. The second kappa shape index (κ2) is 17.8. The molecule has 1 aliphatic rings. The first kappa shape index (κ1) is 40.4. The number of amides is 1. The van der Waals surface area contributed by atoms with Gasteiger partial charge in [0.05, 0.1) is 24.1 Å². The molecular weight excluding hydrogens is 739 g/mol. The second-order valence-corrected chi connectivity index (χ2v) is 15.1. The zero-order chi connectivity index (χ0) is 37.2. The highest BCUT2D eigenvalue weighted by Gasteiger charge is 2.33. The van der Waals surface area contributed by atoms with Crippen LogP contribution in [0.15, 0.2) is 40.8 Å². The lowest BCUT2D eigenvalue weighted by Gasteiger charge is -2.25. The number of alkyl carbamates (subject to hydrolysis) is 1. The summed E-state index contributed by atoms with van der Waals surface area (Å²) in [6.07, 6.45) is 2.65. The zero-order valence-corrected chi connectivity index (χ0v) is 31.5. The van der Waals surface area contributed by atoms with Crippen molar-refractivity contribution < 1.29 is 50.6 Å². The number of hydrogen-bond acceptors (Lipinski definition) is 10. The Morgan fingerprint density at radius 1 is 1.00 bits per heavy atom. The number of alkyl halides is 1. The highest BCUT2D eigenvalue weighted by molar-refractivity contribution is 9.09. The van der Waals surface area contributed by atoms with Crippen molar-refractivity contribution in [2.24, 2.45) is 0 Å². The fourth-order valence-corrected chi connectivity index (χ4v) is 5.90. The minimum absolute atomic E-state index is 0.0861. The van der Waals surface area contributed by atoms with E-state index in [1.807, 2.05) is 0 Å². The molecule has 0 aliphatic heterocycles.